The van der Waals surface area contributed by atoms with E-state index in [1.165, 1.54) is 0 Å². The summed E-state index contributed by atoms with van der Waals surface area (Å²) < 4.78 is 0. The Morgan fingerprint density at radius 2 is 1.88 bits per heavy atom. The summed E-state index contributed by atoms with van der Waals surface area (Å²) in [6.45, 7) is 9.88. The fourth-order valence-electron chi connectivity index (χ4n) is 0.569. The smallest absolute Gasteiger partial charge is 0.0562 e. The third-order valence-corrected chi connectivity index (χ3v) is 1.93. The van der Waals surface area contributed by atoms with E-state index in [-0.39, 0.29) is 5.38 Å². The van der Waals surface area contributed by atoms with Crippen molar-refractivity contribution in [2.24, 2.45) is 5.92 Å². The van der Waals surface area contributed by atoms with Crippen molar-refractivity contribution in [3.05, 3.63) is 12.2 Å². The summed E-state index contributed by atoms with van der Waals surface area (Å²) in [5, 5.41) is 0.148. The van der Waals surface area contributed by atoms with Crippen LogP contribution in [-0.2, 0) is 0 Å². The van der Waals surface area contributed by atoms with E-state index in [0.29, 0.717) is 5.92 Å². The van der Waals surface area contributed by atoms with E-state index in [1.54, 1.807) is 0 Å². The Kier molecular flexibility index (Phi) is 3.15. The lowest BCUT2D eigenvalue weighted by Crippen LogP contribution is -2.07. The van der Waals surface area contributed by atoms with Gasteiger partial charge in [-0.05, 0) is 12.8 Å². The summed E-state index contributed by atoms with van der Waals surface area (Å²) in [7, 11) is 0. The molecular weight excluding hydrogens is 120 g/mol. The molecule has 0 aromatic heterocycles. The van der Waals surface area contributed by atoms with Gasteiger partial charge in [-0.3, -0.25) is 0 Å². The predicted molar refractivity (Wildman–Crippen MR) is 39.3 cm³/mol. The van der Waals surface area contributed by atoms with Crippen LogP contribution < -0.4 is 0 Å². The second kappa shape index (κ2) is 3.13. The molecule has 48 valence electrons. The van der Waals surface area contributed by atoms with E-state index < -0.39 is 0 Å². The SMILES string of the molecule is C=C(C)C(Cl)C(C)C. The van der Waals surface area contributed by atoms with Gasteiger partial charge in [0.05, 0.1) is 5.38 Å². The lowest BCUT2D eigenvalue weighted by molar-refractivity contribution is 0.652. The van der Waals surface area contributed by atoms with Gasteiger partial charge in [0.25, 0.3) is 0 Å². The molecule has 0 rings (SSSR count). The molecule has 0 N–H and O–H groups in total. The second-order valence-electron chi connectivity index (χ2n) is 2.49. The van der Waals surface area contributed by atoms with Crippen LogP contribution in [0.4, 0.5) is 0 Å². The molecule has 0 bridgehead atoms. The highest BCUT2D eigenvalue weighted by atomic mass is 35.5. The van der Waals surface area contributed by atoms with Gasteiger partial charge in [0, 0.05) is 0 Å². The van der Waals surface area contributed by atoms with Crippen molar-refractivity contribution in [3.8, 4) is 0 Å². The molecule has 1 heteroatoms. The molecule has 0 fully saturated rings. The van der Waals surface area contributed by atoms with Crippen LogP contribution in [0.2, 0.25) is 0 Å². The molecule has 0 saturated carbocycles. The minimum absolute atomic E-state index is 0.148. The molecule has 0 saturated heterocycles. The van der Waals surface area contributed by atoms with Gasteiger partial charge in [0.1, 0.15) is 0 Å². The van der Waals surface area contributed by atoms with Crippen LogP contribution in [0, 0.1) is 5.92 Å². The Bertz CT molecular complexity index is 84.4. The van der Waals surface area contributed by atoms with E-state index in [0.717, 1.165) is 5.57 Å². The Balaban J connectivity index is 3.64. The van der Waals surface area contributed by atoms with Crippen molar-refractivity contribution < 1.29 is 0 Å². The zero-order chi connectivity index (χ0) is 6.73. The quantitative estimate of drug-likeness (QED) is 0.401. The third kappa shape index (κ3) is 2.37. The third-order valence-electron chi connectivity index (χ3n) is 1.06. The van der Waals surface area contributed by atoms with Gasteiger partial charge >= 0.3 is 0 Å². The summed E-state index contributed by atoms with van der Waals surface area (Å²) >= 11 is 5.85. The first-order valence-electron chi connectivity index (χ1n) is 2.85. The highest BCUT2D eigenvalue weighted by Gasteiger charge is 2.08. The fourth-order valence-corrected chi connectivity index (χ4v) is 0.569. The van der Waals surface area contributed by atoms with Crippen molar-refractivity contribution in [1.82, 2.24) is 0 Å². The van der Waals surface area contributed by atoms with Gasteiger partial charge in [-0.25, -0.2) is 0 Å². The highest BCUT2D eigenvalue weighted by molar-refractivity contribution is 6.22. The summed E-state index contributed by atoms with van der Waals surface area (Å²) in [5.41, 5.74) is 1.06. The zero-order valence-electron chi connectivity index (χ0n) is 5.74. The Hall–Kier alpha value is 0.0300. The molecule has 0 nitrogen and oxygen atoms in total. The summed E-state index contributed by atoms with van der Waals surface area (Å²) in [6, 6.07) is 0. The molecular formula is C7H13Cl. The number of hydrogen-bond acceptors (Lipinski definition) is 0. The summed E-state index contributed by atoms with van der Waals surface area (Å²) in [6.07, 6.45) is 0. The maximum Gasteiger partial charge on any atom is 0.0562 e. The number of halogens is 1. The first-order chi connectivity index (χ1) is 3.55. The van der Waals surface area contributed by atoms with Gasteiger partial charge in [-0.2, -0.15) is 0 Å². The molecule has 1 unspecified atom stereocenters. The van der Waals surface area contributed by atoms with Crippen LogP contribution >= 0.6 is 11.6 Å². The first kappa shape index (κ1) is 8.03. The summed E-state index contributed by atoms with van der Waals surface area (Å²) in [5.74, 6) is 0.508. The molecule has 0 aromatic carbocycles. The molecule has 0 heterocycles. The van der Waals surface area contributed by atoms with Crippen LogP contribution in [0.15, 0.2) is 12.2 Å². The molecule has 0 radical (unpaired) electrons. The van der Waals surface area contributed by atoms with Gasteiger partial charge in [-0.15, -0.1) is 11.6 Å². The van der Waals surface area contributed by atoms with E-state index in [1.807, 2.05) is 6.92 Å². The minimum Gasteiger partial charge on any atom is -0.118 e. The highest BCUT2D eigenvalue weighted by Crippen LogP contribution is 2.15. The van der Waals surface area contributed by atoms with Crippen LogP contribution in [0.25, 0.3) is 0 Å². The number of alkyl halides is 1. The van der Waals surface area contributed by atoms with E-state index in [2.05, 4.69) is 20.4 Å². The Morgan fingerprint density at radius 3 is 1.88 bits per heavy atom. The zero-order valence-corrected chi connectivity index (χ0v) is 6.50. The van der Waals surface area contributed by atoms with E-state index >= 15 is 0 Å². The van der Waals surface area contributed by atoms with Crippen molar-refractivity contribution in [1.29, 1.82) is 0 Å². The average molecular weight is 133 g/mol. The van der Waals surface area contributed by atoms with Gasteiger partial charge in [-0.1, -0.05) is 26.0 Å². The lowest BCUT2D eigenvalue weighted by atomic mass is 10.1. The first-order valence-corrected chi connectivity index (χ1v) is 3.28. The van der Waals surface area contributed by atoms with E-state index in [9.17, 15) is 0 Å². The van der Waals surface area contributed by atoms with Gasteiger partial charge in [0.15, 0.2) is 0 Å². The normalized spacial score (nSPS) is 14.1. The predicted octanol–water partition coefficient (Wildman–Crippen LogP) is 2.83. The maximum absolute atomic E-state index is 5.85. The molecule has 0 aliphatic heterocycles. The molecule has 0 aromatic rings. The van der Waals surface area contributed by atoms with Crippen LogP contribution in [0.3, 0.4) is 0 Å². The molecule has 8 heavy (non-hydrogen) atoms. The Labute approximate surface area is 56.5 Å². The van der Waals surface area contributed by atoms with Crippen molar-refractivity contribution in [2.45, 2.75) is 26.1 Å². The topological polar surface area (TPSA) is 0 Å². The molecule has 0 aliphatic rings. The average Bonchev–Trinajstić information content (AvgIpc) is 1.64. The van der Waals surface area contributed by atoms with Crippen molar-refractivity contribution >= 4 is 11.6 Å². The van der Waals surface area contributed by atoms with Crippen LogP contribution in [0.1, 0.15) is 20.8 Å². The molecule has 0 aliphatic carbocycles. The minimum atomic E-state index is 0.148. The standard InChI is InChI=1S/C7H13Cl/c1-5(2)7(8)6(3)4/h6-7H,1H2,2-4H3. The van der Waals surface area contributed by atoms with E-state index in [4.69, 9.17) is 11.6 Å². The van der Waals surface area contributed by atoms with Gasteiger partial charge in [0.2, 0.25) is 0 Å². The second-order valence-corrected chi connectivity index (χ2v) is 2.96. The largest absolute Gasteiger partial charge is 0.118 e. The lowest BCUT2D eigenvalue weighted by Gasteiger charge is -2.11. The Morgan fingerprint density at radius 1 is 1.50 bits per heavy atom. The summed E-state index contributed by atoms with van der Waals surface area (Å²) in [4.78, 5) is 0. The van der Waals surface area contributed by atoms with Crippen LogP contribution in [0.5, 0.6) is 0 Å². The number of allylic oxidation sites excluding steroid dienone is 1. The fraction of sp³-hybridized carbons (Fsp3) is 0.714. The number of hydrogen-bond donors (Lipinski definition) is 0. The monoisotopic (exact) mass is 132 g/mol. The number of rotatable bonds is 2. The molecule has 0 spiro atoms. The maximum atomic E-state index is 5.85. The van der Waals surface area contributed by atoms with Crippen LogP contribution in [-0.4, -0.2) is 5.38 Å². The molecule has 1 atom stereocenters. The van der Waals surface area contributed by atoms with Gasteiger partial charge < -0.3 is 0 Å². The molecule has 0 amide bonds. The van der Waals surface area contributed by atoms with Crippen molar-refractivity contribution in [2.75, 3.05) is 0 Å². The van der Waals surface area contributed by atoms with Crippen molar-refractivity contribution in [3.63, 3.8) is 0 Å².